The minimum Gasteiger partial charge on any atom is -0.392 e. The van der Waals surface area contributed by atoms with E-state index in [1.54, 1.807) is 0 Å². The van der Waals surface area contributed by atoms with Gasteiger partial charge in [0.25, 0.3) is 0 Å². The van der Waals surface area contributed by atoms with E-state index in [-0.39, 0.29) is 0 Å². The predicted octanol–water partition coefficient (Wildman–Crippen LogP) is 1.13. The number of rotatable bonds is 3. The van der Waals surface area contributed by atoms with Crippen LogP contribution in [0.5, 0.6) is 0 Å². The summed E-state index contributed by atoms with van der Waals surface area (Å²) in [6.45, 7) is -0.725. The third kappa shape index (κ3) is 4.64. The Morgan fingerprint density at radius 1 is 1.19 bits per heavy atom. The molecule has 3 N–H and O–H groups in total. The van der Waals surface area contributed by atoms with Crippen molar-refractivity contribution in [2.45, 2.75) is 12.4 Å². The number of nitrogens with one attached hydrogen (secondary N) is 1. The van der Waals surface area contributed by atoms with Crippen LogP contribution in [0.3, 0.4) is 0 Å². The number of hydrogen-bond acceptors (Lipinski definition) is 2. The van der Waals surface area contributed by atoms with Crippen molar-refractivity contribution >= 4 is 23.1 Å². The van der Waals surface area contributed by atoms with Crippen LogP contribution in [0.1, 0.15) is 0 Å². The van der Waals surface area contributed by atoms with Crippen LogP contribution in [-0.2, 0) is 4.79 Å². The third-order valence-electron chi connectivity index (χ3n) is 1.35. The maximum Gasteiger partial charge on any atom is 0.409 e. The Balaban J connectivity index is 4.80. The highest BCUT2D eigenvalue weighted by Crippen LogP contribution is 2.39. The zero-order chi connectivity index (χ0) is 13.1. The number of amides is 1. The van der Waals surface area contributed by atoms with Crippen molar-refractivity contribution in [1.82, 2.24) is 5.32 Å². The molecule has 0 heterocycles. The number of alkyl halides is 6. The molecule has 0 unspecified atom stereocenters. The molecule has 1 amide bonds. The van der Waals surface area contributed by atoms with Gasteiger partial charge in [-0.05, 0) is 0 Å². The largest absolute Gasteiger partial charge is 0.409 e. The summed E-state index contributed by atoms with van der Waals surface area (Å²) in [5.74, 6) is -6.30. The standard InChI is InChI=1S/C6H6F6N2OS/c7-5(8,9)3(6(10,11)12)4(15)14-1-2(13)16/h3H,1H2,(H2,13,16)(H,14,15). The van der Waals surface area contributed by atoms with E-state index in [2.05, 4.69) is 12.2 Å². The third-order valence-corrected chi connectivity index (χ3v) is 1.50. The zero-order valence-corrected chi connectivity index (χ0v) is 8.26. The van der Waals surface area contributed by atoms with Crippen molar-refractivity contribution in [2.75, 3.05) is 6.54 Å². The molecular weight excluding hydrogens is 262 g/mol. The fraction of sp³-hybridized carbons (Fsp3) is 0.667. The van der Waals surface area contributed by atoms with E-state index in [1.165, 1.54) is 5.32 Å². The van der Waals surface area contributed by atoms with Crippen LogP contribution in [0, 0.1) is 5.92 Å². The average molecular weight is 268 g/mol. The van der Waals surface area contributed by atoms with Gasteiger partial charge in [-0.25, -0.2) is 0 Å². The van der Waals surface area contributed by atoms with Crippen LogP contribution < -0.4 is 11.1 Å². The van der Waals surface area contributed by atoms with Crippen LogP contribution in [0.25, 0.3) is 0 Å². The van der Waals surface area contributed by atoms with E-state index >= 15 is 0 Å². The highest BCUT2D eigenvalue weighted by molar-refractivity contribution is 7.80. The number of hydrogen-bond donors (Lipinski definition) is 2. The van der Waals surface area contributed by atoms with Gasteiger partial charge < -0.3 is 11.1 Å². The lowest BCUT2D eigenvalue weighted by molar-refractivity contribution is -0.274. The average Bonchev–Trinajstić information content (AvgIpc) is 1.94. The molecule has 0 saturated carbocycles. The molecule has 0 aromatic rings. The molecule has 0 rings (SSSR count). The Bertz CT molecular complexity index is 272. The van der Waals surface area contributed by atoms with E-state index < -0.39 is 35.7 Å². The predicted molar refractivity (Wildman–Crippen MR) is 45.4 cm³/mol. The maximum atomic E-state index is 11.9. The first kappa shape index (κ1) is 14.9. The molecule has 16 heavy (non-hydrogen) atoms. The van der Waals surface area contributed by atoms with Crippen LogP contribution in [-0.4, -0.2) is 29.8 Å². The second-order valence-electron chi connectivity index (χ2n) is 2.70. The molecule has 0 fully saturated rings. The summed E-state index contributed by atoms with van der Waals surface area (Å²) >= 11 is 4.19. The molecule has 0 bridgehead atoms. The van der Waals surface area contributed by atoms with Gasteiger partial charge in [-0.1, -0.05) is 12.2 Å². The SMILES string of the molecule is NC(=S)CNC(=O)C(C(F)(F)F)C(F)(F)F. The molecular formula is C6H6F6N2OS. The highest BCUT2D eigenvalue weighted by Gasteiger charge is 2.60. The fourth-order valence-corrected chi connectivity index (χ4v) is 0.831. The molecule has 0 aliphatic heterocycles. The smallest absolute Gasteiger partial charge is 0.392 e. The Labute approximate surface area is 91.0 Å². The number of thiocarbonyl (C=S) groups is 1. The fourth-order valence-electron chi connectivity index (χ4n) is 0.759. The zero-order valence-electron chi connectivity index (χ0n) is 7.45. The van der Waals surface area contributed by atoms with Crippen molar-refractivity contribution < 1.29 is 31.1 Å². The minimum absolute atomic E-state index is 0.420. The van der Waals surface area contributed by atoms with Gasteiger partial charge in [0, 0.05) is 0 Å². The molecule has 3 nitrogen and oxygen atoms in total. The maximum absolute atomic E-state index is 11.9. The first-order chi connectivity index (χ1) is 6.96. The second-order valence-corrected chi connectivity index (χ2v) is 3.22. The lowest BCUT2D eigenvalue weighted by Gasteiger charge is -2.21. The van der Waals surface area contributed by atoms with Crippen LogP contribution in [0.15, 0.2) is 0 Å². The van der Waals surface area contributed by atoms with Gasteiger partial charge in [-0.2, -0.15) is 26.3 Å². The van der Waals surface area contributed by atoms with Gasteiger partial charge >= 0.3 is 12.4 Å². The Morgan fingerprint density at radius 2 is 1.56 bits per heavy atom. The molecule has 0 atom stereocenters. The summed E-state index contributed by atoms with van der Waals surface area (Å²) in [4.78, 5) is 10.3. The topological polar surface area (TPSA) is 55.1 Å². The van der Waals surface area contributed by atoms with E-state index in [0.29, 0.717) is 0 Å². The summed E-state index contributed by atoms with van der Waals surface area (Å²) in [7, 11) is 0. The second kappa shape index (κ2) is 4.85. The summed E-state index contributed by atoms with van der Waals surface area (Å²) in [6.07, 6.45) is -11.4. The van der Waals surface area contributed by atoms with Crippen molar-refractivity contribution in [3.8, 4) is 0 Å². The van der Waals surface area contributed by atoms with E-state index in [1.807, 2.05) is 0 Å². The summed E-state index contributed by atoms with van der Waals surface area (Å²) in [5.41, 5.74) is 4.81. The van der Waals surface area contributed by atoms with Crippen molar-refractivity contribution in [3.05, 3.63) is 0 Å². The summed E-state index contributed by atoms with van der Waals surface area (Å²) in [5, 5.41) is 1.35. The number of halogens is 6. The molecule has 0 aliphatic carbocycles. The molecule has 0 radical (unpaired) electrons. The number of nitrogens with two attached hydrogens (primary N) is 1. The van der Waals surface area contributed by atoms with Gasteiger partial charge in [0.15, 0.2) is 0 Å². The lowest BCUT2D eigenvalue weighted by Crippen LogP contribution is -2.49. The van der Waals surface area contributed by atoms with E-state index in [9.17, 15) is 31.1 Å². The normalized spacial score (nSPS) is 12.7. The van der Waals surface area contributed by atoms with Gasteiger partial charge in [0.2, 0.25) is 11.8 Å². The van der Waals surface area contributed by atoms with E-state index in [4.69, 9.17) is 5.73 Å². The quantitative estimate of drug-likeness (QED) is 0.596. The minimum atomic E-state index is -5.71. The van der Waals surface area contributed by atoms with Crippen LogP contribution in [0.4, 0.5) is 26.3 Å². The Kier molecular flexibility index (Phi) is 4.53. The van der Waals surface area contributed by atoms with Crippen LogP contribution >= 0.6 is 12.2 Å². The molecule has 0 aromatic carbocycles. The monoisotopic (exact) mass is 268 g/mol. The highest BCUT2D eigenvalue weighted by atomic mass is 32.1. The van der Waals surface area contributed by atoms with Crippen molar-refractivity contribution in [2.24, 2.45) is 11.7 Å². The Morgan fingerprint density at radius 3 is 1.81 bits per heavy atom. The van der Waals surface area contributed by atoms with Gasteiger partial charge in [0.1, 0.15) is 0 Å². The number of carbonyl (C=O) groups excluding carboxylic acids is 1. The first-order valence-corrected chi connectivity index (χ1v) is 4.06. The molecule has 0 aromatic heterocycles. The molecule has 0 saturated heterocycles. The molecule has 0 aliphatic rings. The van der Waals surface area contributed by atoms with Gasteiger partial charge in [-0.3, -0.25) is 4.79 Å². The lowest BCUT2D eigenvalue weighted by atomic mass is 10.1. The number of carbonyl (C=O) groups is 1. The van der Waals surface area contributed by atoms with Crippen molar-refractivity contribution in [1.29, 1.82) is 0 Å². The summed E-state index contributed by atoms with van der Waals surface area (Å²) in [6, 6.07) is 0. The Hall–Kier alpha value is -1.06. The molecule has 0 spiro atoms. The van der Waals surface area contributed by atoms with E-state index in [0.717, 1.165) is 0 Å². The summed E-state index contributed by atoms with van der Waals surface area (Å²) < 4.78 is 71.7. The molecule has 10 heteroatoms. The first-order valence-electron chi connectivity index (χ1n) is 3.65. The van der Waals surface area contributed by atoms with Gasteiger partial charge in [-0.15, -0.1) is 0 Å². The van der Waals surface area contributed by atoms with Crippen LogP contribution in [0.2, 0.25) is 0 Å². The molecule has 94 valence electrons. The van der Waals surface area contributed by atoms with Gasteiger partial charge in [0.05, 0.1) is 11.5 Å². The van der Waals surface area contributed by atoms with Crippen molar-refractivity contribution in [3.63, 3.8) is 0 Å².